The van der Waals surface area contributed by atoms with Crippen molar-refractivity contribution in [2.24, 2.45) is 0 Å². The molecule has 0 bridgehead atoms. The van der Waals surface area contributed by atoms with E-state index in [0.29, 0.717) is 0 Å². The minimum absolute atomic E-state index is 0.121. The number of unbranched alkanes of at least 4 members (excludes halogenated alkanes) is 5. The zero-order chi connectivity index (χ0) is 13.9. The van der Waals surface area contributed by atoms with E-state index in [4.69, 9.17) is 9.47 Å². The zero-order valence-corrected chi connectivity index (χ0v) is 12.8. The normalized spacial score (nSPS) is 16.2. The molecule has 0 radical (unpaired) electrons. The van der Waals surface area contributed by atoms with Crippen LogP contribution < -0.4 is 0 Å². The van der Waals surface area contributed by atoms with Gasteiger partial charge in [0.25, 0.3) is 0 Å². The second-order valence-electron chi connectivity index (χ2n) is 5.00. The first-order valence-corrected chi connectivity index (χ1v) is 7.42. The fourth-order valence-corrected chi connectivity index (χ4v) is 2.53. The van der Waals surface area contributed by atoms with Crippen LogP contribution in [-0.4, -0.2) is 25.9 Å². The van der Waals surface area contributed by atoms with Crippen LogP contribution in [0.25, 0.3) is 0 Å². The van der Waals surface area contributed by atoms with Crippen molar-refractivity contribution in [1.29, 1.82) is 0 Å². The second kappa shape index (κ2) is 10.6. The average molecular weight is 256 g/mol. The quantitative estimate of drug-likeness (QED) is 0.371. The molecule has 108 valence electrons. The molecule has 2 unspecified atom stereocenters. The maximum Gasteiger partial charge on any atom is 0.111 e. The third-order valence-electron chi connectivity index (χ3n) is 3.93. The second-order valence-corrected chi connectivity index (χ2v) is 5.00. The largest absolute Gasteiger partial charge is 0.378 e. The van der Waals surface area contributed by atoms with E-state index in [0.717, 1.165) is 12.8 Å². The molecule has 2 heteroatoms. The molecule has 0 saturated heterocycles. The van der Waals surface area contributed by atoms with Gasteiger partial charge in [-0.15, -0.1) is 6.58 Å². The van der Waals surface area contributed by atoms with Gasteiger partial charge in [0.05, 0.1) is 6.10 Å². The van der Waals surface area contributed by atoms with Crippen molar-refractivity contribution in [1.82, 2.24) is 0 Å². The van der Waals surface area contributed by atoms with Gasteiger partial charge in [0, 0.05) is 14.2 Å². The average Bonchev–Trinajstić information content (AvgIpc) is 2.42. The predicted octanol–water partition coefficient (Wildman–Crippen LogP) is 4.73. The minimum Gasteiger partial charge on any atom is -0.378 e. The molecular formula is C16H32O2. The van der Waals surface area contributed by atoms with E-state index in [9.17, 15) is 0 Å². The van der Waals surface area contributed by atoms with Crippen LogP contribution in [0.1, 0.15) is 65.2 Å². The van der Waals surface area contributed by atoms with Crippen LogP contribution in [0.5, 0.6) is 0 Å². The van der Waals surface area contributed by atoms with E-state index in [2.05, 4.69) is 20.4 Å². The highest BCUT2D eigenvalue weighted by Crippen LogP contribution is 2.27. The molecule has 18 heavy (non-hydrogen) atoms. The van der Waals surface area contributed by atoms with Crippen molar-refractivity contribution in [2.45, 2.75) is 76.9 Å². The molecule has 0 N–H and O–H groups in total. The van der Waals surface area contributed by atoms with Crippen LogP contribution in [0.3, 0.4) is 0 Å². The van der Waals surface area contributed by atoms with Gasteiger partial charge in [0.1, 0.15) is 5.60 Å². The molecule has 0 rings (SSSR count). The van der Waals surface area contributed by atoms with Gasteiger partial charge in [-0.05, 0) is 12.8 Å². The van der Waals surface area contributed by atoms with Crippen LogP contribution in [0.4, 0.5) is 0 Å². The van der Waals surface area contributed by atoms with Crippen molar-refractivity contribution in [3.8, 4) is 0 Å². The molecule has 2 nitrogen and oxygen atoms in total. The van der Waals surface area contributed by atoms with Crippen LogP contribution in [0, 0.1) is 0 Å². The van der Waals surface area contributed by atoms with E-state index in [1.807, 2.05) is 6.08 Å². The molecule has 0 aliphatic heterocycles. The molecule has 0 aliphatic rings. The van der Waals surface area contributed by atoms with E-state index in [1.54, 1.807) is 14.2 Å². The molecular weight excluding hydrogens is 224 g/mol. The number of methoxy groups -OCH3 is 2. The molecule has 0 aliphatic carbocycles. The lowest BCUT2D eigenvalue weighted by atomic mass is 9.89. The van der Waals surface area contributed by atoms with Crippen molar-refractivity contribution >= 4 is 0 Å². The highest BCUT2D eigenvalue weighted by atomic mass is 16.5. The third-order valence-corrected chi connectivity index (χ3v) is 3.93. The lowest BCUT2D eigenvalue weighted by molar-refractivity contribution is -0.0921. The molecule has 0 fully saturated rings. The summed E-state index contributed by atoms with van der Waals surface area (Å²) >= 11 is 0. The lowest BCUT2D eigenvalue weighted by Gasteiger charge is -2.35. The van der Waals surface area contributed by atoms with Gasteiger partial charge in [-0.3, -0.25) is 0 Å². The summed E-state index contributed by atoms with van der Waals surface area (Å²) in [6.07, 6.45) is 11.8. The molecule has 0 heterocycles. The first-order valence-electron chi connectivity index (χ1n) is 7.42. The summed E-state index contributed by atoms with van der Waals surface area (Å²) in [6.45, 7) is 8.28. The van der Waals surface area contributed by atoms with E-state index in [1.165, 1.54) is 38.5 Å². The summed E-state index contributed by atoms with van der Waals surface area (Å²) < 4.78 is 11.3. The molecule has 0 aromatic heterocycles. The van der Waals surface area contributed by atoms with Crippen LogP contribution in [0.15, 0.2) is 12.7 Å². The van der Waals surface area contributed by atoms with Crippen LogP contribution >= 0.6 is 0 Å². The number of ether oxygens (including phenoxy) is 2. The summed E-state index contributed by atoms with van der Waals surface area (Å²) in [5, 5.41) is 0. The Kier molecular flexibility index (Phi) is 10.4. The first-order chi connectivity index (χ1) is 8.70. The van der Waals surface area contributed by atoms with E-state index < -0.39 is 0 Å². The van der Waals surface area contributed by atoms with Crippen molar-refractivity contribution in [3.05, 3.63) is 12.7 Å². The number of rotatable bonds is 12. The Morgan fingerprint density at radius 2 is 1.67 bits per heavy atom. The Balaban J connectivity index is 4.05. The Morgan fingerprint density at radius 3 is 2.11 bits per heavy atom. The van der Waals surface area contributed by atoms with Gasteiger partial charge < -0.3 is 9.47 Å². The fourth-order valence-electron chi connectivity index (χ4n) is 2.53. The molecule has 0 aromatic rings. The van der Waals surface area contributed by atoms with Gasteiger partial charge in [-0.25, -0.2) is 0 Å². The van der Waals surface area contributed by atoms with Gasteiger partial charge in [0.15, 0.2) is 0 Å². The number of hydrogen-bond donors (Lipinski definition) is 0. The number of hydrogen-bond acceptors (Lipinski definition) is 2. The molecule has 2 atom stereocenters. The van der Waals surface area contributed by atoms with E-state index >= 15 is 0 Å². The highest BCUT2D eigenvalue weighted by molar-refractivity contribution is 5.02. The van der Waals surface area contributed by atoms with Crippen LogP contribution in [0.2, 0.25) is 0 Å². The Hall–Kier alpha value is -0.340. The molecule has 0 saturated carbocycles. The lowest BCUT2D eigenvalue weighted by Crippen LogP contribution is -2.43. The summed E-state index contributed by atoms with van der Waals surface area (Å²) in [5.41, 5.74) is -0.321. The monoisotopic (exact) mass is 256 g/mol. The summed E-state index contributed by atoms with van der Waals surface area (Å²) in [5.74, 6) is 0. The highest BCUT2D eigenvalue weighted by Gasteiger charge is 2.34. The predicted molar refractivity (Wildman–Crippen MR) is 79.0 cm³/mol. The molecule has 0 amide bonds. The van der Waals surface area contributed by atoms with Crippen LogP contribution in [-0.2, 0) is 9.47 Å². The summed E-state index contributed by atoms with van der Waals surface area (Å²) in [6, 6.07) is 0. The third kappa shape index (κ3) is 5.53. The Labute approximate surface area is 114 Å². The standard InChI is InChI=1S/C16H32O2/c1-6-9-10-11-12-13-14-15(17-4)16(7-2,8-3)18-5/h7,15H,2,6,8-14H2,1,3-5H3. The fraction of sp³-hybridized carbons (Fsp3) is 0.875. The SMILES string of the molecule is C=CC(CC)(OC)C(CCCCCCCC)OC. The minimum atomic E-state index is -0.321. The van der Waals surface area contributed by atoms with Gasteiger partial charge in [-0.2, -0.15) is 0 Å². The first kappa shape index (κ1) is 17.7. The van der Waals surface area contributed by atoms with Crippen molar-refractivity contribution in [2.75, 3.05) is 14.2 Å². The zero-order valence-electron chi connectivity index (χ0n) is 12.8. The summed E-state index contributed by atoms with van der Waals surface area (Å²) in [7, 11) is 3.52. The Morgan fingerprint density at radius 1 is 1.06 bits per heavy atom. The van der Waals surface area contributed by atoms with Crippen molar-refractivity contribution < 1.29 is 9.47 Å². The van der Waals surface area contributed by atoms with Gasteiger partial charge >= 0.3 is 0 Å². The van der Waals surface area contributed by atoms with E-state index in [-0.39, 0.29) is 11.7 Å². The Bertz CT molecular complexity index is 197. The maximum atomic E-state index is 5.64. The van der Waals surface area contributed by atoms with Crippen molar-refractivity contribution in [3.63, 3.8) is 0 Å². The summed E-state index contributed by atoms with van der Waals surface area (Å²) in [4.78, 5) is 0. The maximum absolute atomic E-state index is 5.64. The smallest absolute Gasteiger partial charge is 0.111 e. The van der Waals surface area contributed by atoms with Gasteiger partial charge in [0.2, 0.25) is 0 Å². The topological polar surface area (TPSA) is 18.5 Å². The molecule has 0 spiro atoms. The van der Waals surface area contributed by atoms with Gasteiger partial charge in [-0.1, -0.05) is 58.4 Å². The molecule has 0 aromatic carbocycles.